The fraction of sp³-hybridized carbons (Fsp3) is 0.455. The summed E-state index contributed by atoms with van der Waals surface area (Å²) in [5.74, 6) is 1.02. The van der Waals surface area contributed by atoms with Crippen LogP contribution in [0.15, 0.2) is 30.6 Å². The first kappa shape index (κ1) is 19.4. The van der Waals surface area contributed by atoms with E-state index in [2.05, 4.69) is 33.2 Å². The van der Waals surface area contributed by atoms with Gasteiger partial charge in [0.15, 0.2) is 0 Å². The summed E-state index contributed by atoms with van der Waals surface area (Å²) in [5.41, 5.74) is 3.61. The van der Waals surface area contributed by atoms with E-state index in [9.17, 15) is 9.59 Å². The zero-order chi connectivity index (χ0) is 20.5. The van der Waals surface area contributed by atoms with E-state index in [1.807, 2.05) is 31.0 Å². The van der Waals surface area contributed by atoms with Crippen molar-refractivity contribution in [2.24, 2.45) is 5.92 Å². The van der Waals surface area contributed by atoms with Crippen LogP contribution in [-0.2, 0) is 4.79 Å². The van der Waals surface area contributed by atoms with E-state index in [1.165, 1.54) is 0 Å². The van der Waals surface area contributed by atoms with Gasteiger partial charge in [-0.3, -0.25) is 14.6 Å². The lowest BCUT2D eigenvalue weighted by Gasteiger charge is -2.36. The van der Waals surface area contributed by atoms with E-state index < -0.39 is 0 Å². The summed E-state index contributed by atoms with van der Waals surface area (Å²) in [6.45, 7) is 9.62. The fourth-order valence-electron chi connectivity index (χ4n) is 4.27. The molecule has 2 aromatic heterocycles. The summed E-state index contributed by atoms with van der Waals surface area (Å²) in [5, 5.41) is 2.88. The van der Waals surface area contributed by atoms with E-state index in [0.717, 1.165) is 35.6 Å². The Kier molecular flexibility index (Phi) is 5.22. The summed E-state index contributed by atoms with van der Waals surface area (Å²) < 4.78 is 0. The van der Waals surface area contributed by atoms with Crippen LogP contribution in [0.25, 0.3) is 0 Å². The van der Waals surface area contributed by atoms with Crippen molar-refractivity contribution in [3.8, 4) is 0 Å². The van der Waals surface area contributed by atoms with Crippen molar-refractivity contribution in [2.45, 2.75) is 26.7 Å². The Balaban J connectivity index is 1.40. The Morgan fingerprint density at radius 1 is 1.10 bits per heavy atom. The van der Waals surface area contributed by atoms with Gasteiger partial charge in [0, 0.05) is 45.1 Å². The number of amides is 2. The third kappa shape index (κ3) is 3.81. The number of aryl methyl sites for hydroxylation is 2. The van der Waals surface area contributed by atoms with Crippen LogP contribution in [0, 0.1) is 19.8 Å². The number of anilines is 1. The van der Waals surface area contributed by atoms with Crippen LogP contribution >= 0.6 is 0 Å². The number of hydrogen-bond acceptors (Lipinski definition) is 5. The summed E-state index contributed by atoms with van der Waals surface area (Å²) in [7, 11) is 0. The lowest BCUT2D eigenvalue weighted by Crippen LogP contribution is -2.49. The van der Waals surface area contributed by atoms with Crippen LogP contribution < -0.4 is 10.2 Å². The van der Waals surface area contributed by atoms with Crippen molar-refractivity contribution in [3.05, 3.63) is 53.0 Å². The molecule has 2 aliphatic heterocycles. The Bertz CT molecular complexity index is 919. The summed E-state index contributed by atoms with van der Waals surface area (Å²) in [6, 6.07) is 5.74. The molecule has 2 aromatic rings. The molecular weight excluding hydrogens is 366 g/mol. The van der Waals surface area contributed by atoms with E-state index >= 15 is 0 Å². The van der Waals surface area contributed by atoms with Gasteiger partial charge in [-0.15, -0.1) is 0 Å². The average molecular weight is 393 g/mol. The number of pyridine rings is 2. The molecule has 2 amide bonds. The maximum Gasteiger partial charge on any atom is 0.272 e. The Hall–Kier alpha value is -2.96. The predicted molar refractivity (Wildman–Crippen MR) is 111 cm³/mol. The lowest BCUT2D eigenvalue weighted by molar-refractivity contribution is -0.120. The summed E-state index contributed by atoms with van der Waals surface area (Å²) in [6.07, 6.45) is 3.56. The van der Waals surface area contributed by atoms with E-state index in [4.69, 9.17) is 0 Å². The molecule has 0 aliphatic carbocycles. The molecule has 0 saturated carbocycles. The molecule has 2 fully saturated rings. The number of carbonyl (C=O) groups excluding carboxylic acids is 2. The molecule has 0 spiro atoms. The largest absolute Gasteiger partial charge is 0.355 e. The molecule has 29 heavy (non-hydrogen) atoms. The number of nitrogens with one attached hydrogen (secondary N) is 1. The standard InChI is InChI=1S/C22H27N5O2/c1-14-10-15(2)20(24-11-14)26-6-8-27(9-7-26)22(29)18-5-4-17(13-23-18)19-16(3)12-25-21(19)28/h4-5,10-11,13,16,19H,6-9,12H2,1-3H3,(H,25,28)/t16?,19-/m1/s1. The van der Waals surface area contributed by atoms with Gasteiger partial charge >= 0.3 is 0 Å². The first-order valence-electron chi connectivity index (χ1n) is 10.1. The maximum absolute atomic E-state index is 12.9. The highest BCUT2D eigenvalue weighted by atomic mass is 16.2. The minimum Gasteiger partial charge on any atom is -0.355 e. The number of hydrogen-bond donors (Lipinski definition) is 1. The molecule has 7 nitrogen and oxygen atoms in total. The summed E-state index contributed by atoms with van der Waals surface area (Å²) >= 11 is 0. The number of piperazine rings is 1. The highest BCUT2D eigenvalue weighted by Crippen LogP contribution is 2.28. The Labute approximate surface area is 171 Å². The van der Waals surface area contributed by atoms with Crippen LogP contribution in [0.4, 0.5) is 5.82 Å². The normalized spacial score (nSPS) is 22.0. The molecule has 2 aliphatic rings. The first-order chi connectivity index (χ1) is 13.9. The smallest absolute Gasteiger partial charge is 0.272 e. The van der Waals surface area contributed by atoms with Gasteiger partial charge in [-0.1, -0.05) is 19.1 Å². The summed E-state index contributed by atoms with van der Waals surface area (Å²) in [4.78, 5) is 37.9. The minimum absolute atomic E-state index is 0.0366. The molecule has 0 aromatic carbocycles. The monoisotopic (exact) mass is 393 g/mol. The molecule has 0 radical (unpaired) electrons. The number of aromatic nitrogens is 2. The fourth-order valence-corrected chi connectivity index (χ4v) is 4.27. The Morgan fingerprint density at radius 3 is 2.45 bits per heavy atom. The molecule has 2 atom stereocenters. The van der Waals surface area contributed by atoms with Gasteiger partial charge in [0.1, 0.15) is 11.5 Å². The first-order valence-corrected chi connectivity index (χ1v) is 10.1. The van der Waals surface area contributed by atoms with Gasteiger partial charge in [-0.25, -0.2) is 4.98 Å². The molecule has 0 bridgehead atoms. The van der Waals surface area contributed by atoms with E-state index in [-0.39, 0.29) is 23.7 Å². The SMILES string of the molecule is Cc1cnc(N2CCN(C(=O)c3ccc([C@@H]4C(=O)NCC4C)cn3)CC2)c(C)c1. The van der Waals surface area contributed by atoms with Crippen LogP contribution in [-0.4, -0.2) is 59.4 Å². The highest BCUT2D eigenvalue weighted by Gasteiger charge is 2.33. The minimum atomic E-state index is -0.180. The van der Waals surface area contributed by atoms with Gasteiger partial charge in [0.2, 0.25) is 5.91 Å². The molecule has 152 valence electrons. The zero-order valence-electron chi connectivity index (χ0n) is 17.2. The van der Waals surface area contributed by atoms with Gasteiger partial charge in [-0.05, 0) is 42.5 Å². The van der Waals surface area contributed by atoms with E-state index in [0.29, 0.717) is 25.3 Å². The maximum atomic E-state index is 12.9. The number of nitrogens with zero attached hydrogens (tertiary/aromatic N) is 4. The second-order valence-electron chi connectivity index (χ2n) is 8.11. The van der Waals surface area contributed by atoms with Gasteiger partial charge < -0.3 is 15.1 Å². The third-order valence-corrected chi connectivity index (χ3v) is 5.87. The van der Waals surface area contributed by atoms with Crippen LogP contribution in [0.2, 0.25) is 0 Å². The predicted octanol–water partition coefficient (Wildman–Crippen LogP) is 1.91. The molecule has 2 saturated heterocycles. The van der Waals surface area contributed by atoms with Crippen molar-refractivity contribution in [1.82, 2.24) is 20.2 Å². The van der Waals surface area contributed by atoms with Gasteiger partial charge in [-0.2, -0.15) is 0 Å². The van der Waals surface area contributed by atoms with Crippen LogP contribution in [0.1, 0.15) is 40.0 Å². The number of carbonyl (C=O) groups is 2. The van der Waals surface area contributed by atoms with Crippen molar-refractivity contribution < 1.29 is 9.59 Å². The molecular formula is C22H27N5O2. The molecule has 1 N–H and O–H groups in total. The molecule has 7 heteroatoms. The molecule has 1 unspecified atom stereocenters. The average Bonchev–Trinajstić information content (AvgIpc) is 3.06. The molecule has 4 heterocycles. The lowest BCUT2D eigenvalue weighted by atomic mass is 9.91. The second kappa shape index (κ2) is 7.81. The van der Waals surface area contributed by atoms with Gasteiger partial charge in [0.05, 0.1) is 5.92 Å². The topological polar surface area (TPSA) is 78.4 Å². The van der Waals surface area contributed by atoms with Crippen LogP contribution in [0.3, 0.4) is 0 Å². The quantitative estimate of drug-likeness (QED) is 0.862. The van der Waals surface area contributed by atoms with Gasteiger partial charge in [0.25, 0.3) is 5.91 Å². The van der Waals surface area contributed by atoms with Crippen molar-refractivity contribution in [2.75, 3.05) is 37.6 Å². The Morgan fingerprint density at radius 2 is 1.86 bits per heavy atom. The third-order valence-electron chi connectivity index (χ3n) is 5.87. The second-order valence-corrected chi connectivity index (χ2v) is 8.11. The number of rotatable bonds is 3. The molecule has 4 rings (SSSR count). The van der Waals surface area contributed by atoms with Crippen molar-refractivity contribution >= 4 is 17.6 Å². The zero-order valence-corrected chi connectivity index (χ0v) is 17.2. The van der Waals surface area contributed by atoms with E-state index in [1.54, 1.807) is 12.3 Å². The highest BCUT2D eigenvalue weighted by molar-refractivity contribution is 5.92. The van der Waals surface area contributed by atoms with Crippen molar-refractivity contribution in [1.29, 1.82) is 0 Å². The van der Waals surface area contributed by atoms with Crippen LogP contribution in [0.5, 0.6) is 0 Å². The van der Waals surface area contributed by atoms with Crippen molar-refractivity contribution in [3.63, 3.8) is 0 Å².